The van der Waals surface area contributed by atoms with Crippen LogP contribution >= 0.6 is 22.6 Å². The van der Waals surface area contributed by atoms with Crippen LogP contribution in [-0.2, 0) is 20.9 Å². The number of carbonyl (C=O) groups is 2. The molecule has 5 nitrogen and oxygen atoms in total. The number of halogens is 2. The summed E-state index contributed by atoms with van der Waals surface area (Å²) in [5.41, 5.74) is 0.675. The van der Waals surface area contributed by atoms with Crippen LogP contribution in [0.25, 0.3) is 6.08 Å². The molecule has 0 radical (unpaired) electrons. The number of carbonyl (C=O) groups excluding carboxylic acids is 2. The van der Waals surface area contributed by atoms with E-state index in [1.807, 2.05) is 22.6 Å². The minimum Gasteiger partial charge on any atom is -0.452 e. The quantitative estimate of drug-likeness (QED) is 0.362. The van der Waals surface area contributed by atoms with E-state index in [4.69, 9.17) is 9.15 Å². The molecule has 7 heteroatoms. The van der Waals surface area contributed by atoms with Crippen molar-refractivity contribution in [3.63, 3.8) is 0 Å². The van der Waals surface area contributed by atoms with Gasteiger partial charge in [-0.15, -0.1) is 0 Å². The lowest BCUT2D eigenvalue weighted by molar-refractivity contribution is -0.148. The van der Waals surface area contributed by atoms with Crippen LogP contribution in [0.3, 0.4) is 0 Å². The van der Waals surface area contributed by atoms with E-state index in [-0.39, 0.29) is 24.9 Å². The van der Waals surface area contributed by atoms with Gasteiger partial charge in [-0.05, 0) is 65.4 Å². The van der Waals surface area contributed by atoms with Gasteiger partial charge in [0, 0.05) is 19.2 Å². The van der Waals surface area contributed by atoms with Crippen LogP contribution in [0.2, 0.25) is 0 Å². The fourth-order valence-corrected chi connectivity index (χ4v) is 2.51. The Hall–Kier alpha value is -2.16. The smallest absolute Gasteiger partial charge is 0.331 e. The van der Waals surface area contributed by atoms with Gasteiger partial charge in [0.15, 0.2) is 10.4 Å². The van der Waals surface area contributed by atoms with Gasteiger partial charge < -0.3 is 14.1 Å². The summed E-state index contributed by atoms with van der Waals surface area (Å²) >= 11 is 2.01. The first-order valence-corrected chi connectivity index (χ1v) is 8.68. The number of likely N-dealkylation sites (N-methyl/N-ethyl adjacent to an activating group) is 1. The lowest BCUT2D eigenvalue weighted by atomic mass is 10.2. The first kappa shape index (κ1) is 19.2. The molecule has 0 spiro atoms. The van der Waals surface area contributed by atoms with Crippen LogP contribution < -0.4 is 0 Å². The highest BCUT2D eigenvalue weighted by Gasteiger charge is 2.14. The Morgan fingerprint density at radius 1 is 1.32 bits per heavy atom. The van der Waals surface area contributed by atoms with Crippen LogP contribution in [0.5, 0.6) is 0 Å². The van der Waals surface area contributed by atoms with Crippen LogP contribution in [0.4, 0.5) is 4.39 Å². The Morgan fingerprint density at radius 2 is 2.12 bits per heavy atom. The maximum atomic E-state index is 13.2. The number of hydrogen-bond donors (Lipinski definition) is 0. The molecular weight excluding hydrogens is 440 g/mol. The third kappa shape index (κ3) is 6.33. The molecule has 1 aromatic carbocycles. The number of benzene rings is 1. The zero-order chi connectivity index (χ0) is 18.2. The topological polar surface area (TPSA) is 59.8 Å². The molecule has 0 aliphatic carbocycles. The predicted molar refractivity (Wildman–Crippen MR) is 98.9 cm³/mol. The highest BCUT2D eigenvalue weighted by atomic mass is 127. The van der Waals surface area contributed by atoms with Crippen molar-refractivity contribution < 1.29 is 23.1 Å². The molecule has 1 heterocycles. The third-order valence-corrected chi connectivity index (χ3v) is 3.89. The van der Waals surface area contributed by atoms with Crippen LogP contribution in [0.15, 0.2) is 46.9 Å². The zero-order valence-electron chi connectivity index (χ0n) is 13.6. The predicted octanol–water partition coefficient (Wildman–Crippen LogP) is 3.63. The van der Waals surface area contributed by atoms with E-state index in [0.717, 1.165) is 0 Å². The molecule has 0 aliphatic rings. The second-order valence-corrected chi connectivity index (χ2v) is 6.18. The molecule has 0 bridgehead atoms. The standard InChI is InChI=1S/C18H17FINO4/c1-2-21(11-13-4-3-5-14(19)10-13)17(22)12-24-18(23)9-7-15-6-8-16(20)25-15/h3-10H,2,11-12H2,1H3/b9-7+. The number of esters is 1. The number of nitrogens with zero attached hydrogens (tertiary/aromatic N) is 1. The van der Waals surface area contributed by atoms with E-state index in [0.29, 0.717) is 21.6 Å². The second kappa shape index (κ2) is 9.36. The Labute approximate surface area is 158 Å². The number of rotatable bonds is 7. The summed E-state index contributed by atoms with van der Waals surface area (Å²) in [4.78, 5) is 25.3. The molecular formula is C18H17FINO4. The van der Waals surface area contributed by atoms with Crippen molar-refractivity contribution >= 4 is 40.5 Å². The molecule has 2 rings (SSSR count). The van der Waals surface area contributed by atoms with E-state index in [9.17, 15) is 14.0 Å². The number of ether oxygens (including phenoxy) is 1. The molecule has 0 unspecified atom stereocenters. The first-order chi connectivity index (χ1) is 12.0. The highest BCUT2D eigenvalue weighted by molar-refractivity contribution is 14.1. The van der Waals surface area contributed by atoms with Crippen molar-refractivity contribution in [1.29, 1.82) is 0 Å². The van der Waals surface area contributed by atoms with Gasteiger partial charge in [0.1, 0.15) is 11.6 Å². The van der Waals surface area contributed by atoms with E-state index in [1.165, 1.54) is 29.2 Å². The summed E-state index contributed by atoms with van der Waals surface area (Å²) in [6.07, 6.45) is 2.67. The Bertz CT molecular complexity index is 772. The van der Waals surface area contributed by atoms with Crippen molar-refractivity contribution in [2.75, 3.05) is 13.2 Å². The largest absolute Gasteiger partial charge is 0.452 e. The molecule has 0 saturated carbocycles. The summed E-state index contributed by atoms with van der Waals surface area (Å²) < 4.78 is 24.1. The minimum atomic E-state index is -0.637. The van der Waals surface area contributed by atoms with Crippen molar-refractivity contribution in [2.45, 2.75) is 13.5 Å². The van der Waals surface area contributed by atoms with Crippen molar-refractivity contribution in [2.24, 2.45) is 0 Å². The van der Waals surface area contributed by atoms with Crippen LogP contribution in [-0.4, -0.2) is 29.9 Å². The molecule has 1 aromatic heterocycles. The Balaban J connectivity index is 1.84. The van der Waals surface area contributed by atoms with Crippen molar-refractivity contribution in [3.8, 4) is 0 Å². The summed E-state index contributed by atoms with van der Waals surface area (Å²) in [6.45, 7) is 2.11. The maximum Gasteiger partial charge on any atom is 0.331 e. The molecule has 2 aromatic rings. The van der Waals surface area contributed by atoms with Gasteiger partial charge in [0.05, 0.1) is 0 Å². The summed E-state index contributed by atoms with van der Waals surface area (Å²) in [5, 5.41) is 0. The highest BCUT2D eigenvalue weighted by Crippen LogP contribution is 2.11. The number of furan rings is 1. The van der Waals surface area contributed by atoms with Crippen LogP contribution in [0.1, 0.15) is 18.2 Å². The molecule has 0 saturated heterocycles. The van der Waals surface area contributed by atoms with Gasteiger partial charge in [-0.3, -0.25) is 4.79 Å². The van der Waals surface area contributed by atoms with E-state index >= 15 is 0 Å². The van der Waals surface area contributed by atoms with E-state index in [1.54, 1.807) is 31.2 Å². The SMILES string of the molecule is CCN(Cc1cccc(F)c1)C(=O)COC(=O)/C=C/c1ccc(I)o1. The van der Waals surface area contributed by atoms with Gasteiger partial charge in [0.25, 0.3) is 5.91 Å². The van der Waals surface area contributed by atoms with E-state index in [2.05, 4.69) is 0 Å². The summed E-state index contributed by atoms with van der Waals surface area (Å²) in [5.74, 6) is -0.818. The van der Waals surface area contributed by atoms with E-state index < -0.39 is 5.97 Å². The number of amides is 1. The molecule has 1 amide bonds. The summed E-state index contributed by atoms with van der Waals surface area (Å²) in [7, 11) is 0. The normalized spacial score (nSPS) is 10.8. The molecule has 0 atom stereocenters. The molecule has 132 valence electrons. The first-order valence-electron chi connectivity index (χ1n) is 7.60. The number of hydrogen-bond acceptors (Lipinski definition) is 4. The lowest BCUT2D eigenvalue weighted by Crippen LogP contribution is -2.34. The fraction of sp³-hybridized carbons (Fsp3) is 0.222. The minimum absolute atomic E-state index is 0.255. The average Bonchev–Trinajstić information content (AvgIpc) is 3.01. The average molecular weight is 457 g/mol. The monoisotopic (exact) mass is 457 g/mol. The molecule has 0 N–H and O–H groups in total. The second-order valence-electron chi connectivity index (χ2n) is 5.12. The third-order valence-electron chi connectivity index (χ3n) is 3.31. The molecule has 0 aliphatic heterocycles. The lowest BCUT2D eigenvalue weighted by Gasteiger charge is -2.20. The Morgan fingerprint density at radius 3 is 2.76 bits per heavy atom. The van der Waals surface area contributed by atoms with Gasteiger partial charge in [-0.25, -0.2) is 9.18 Å². The van der Waals surface area contributed by atoms with Gasteiger partial charge in [-0.2, -0.15) is 0 Å². The van der Waals surface area contributed by atoms with Crippen molar-refractivity contribution in [3.05, 3.63) is 63.4 Å². The summed E-state index contributed by atoms with van der Waals surface area (Å²) in [6, 6.07) is 9.52. The molecule has 0 fully saturated rings. The zero-order valence-corrected chi connectivity index (χ0v) is 15.7. The van der Waals surface area contributed by atoms with Gasteiger partial charge in [0.2, 0.25) is 0 Å². The van der Waals surface area contributed by atoms with Crippen LogP contribution in [0, 0.1) is 9.58 Å². The van der Waals surface area contributed by atoms with Crippen molar-refractivity contribution in [1.82, 2.24) is 4.90 Å². The Kier molecular flexibility index (Phi) is 7.17. The fourth-order valence-electron chi connectivity index (χ4n) is 2.07. The van der Waals surface area contributed by atoms with Gasteiger partial charge in [-0.1, -0.05) is 12.1 Å². The van der Waals surface area contributed by atoms with Gasteiger partial charge >= 0.3 is 5.97 Å². The maximum absolute atomic E-state index is 13.2. The molecule has 25 heavy (non-hydrogen) atoms.